The molecule has 1 aromatic carbocycles. The third-order valence-electron chi connectivity index (χ3n) is 6.13. The Hall–Kier alpha value is -3.33. The summed E-state index contributed by atoms with van der Waals surface area (Å²) in [6.07, 6.45) is 2.21. The molecule has 8 nitrogen and oxygen atoms in total. The number of pyridine rings is 1. The van der Waals surface area contributed by atoms with Crippen molar-refractivity contribution in [3.05, 3.63) is 63.6 Å². The molecule has 1 aliphatic heterocycles. The molecule has 168 valence electrons. The minimum Gasteiger partial charge on any atom is -0.368 e. The first-order valence-electron chi connectivity index (χ1n) is 10.8. The summed E-state index contributed by atoms with van der Waals surface area (Å²) in [6.45, 7) is 6.85. The van der Waals surface area contributed by atoms with E-state index in [4.69, 9.17) is 0 Å². The Morgan fingerprint density at radius 1 is 1.22 bits per heavy atom. The van der Waals surface area contributed by atoms with Gasteiger partial charge in [-0.2, -0.15) is 0 Å². The van der Waals surface area contributed by atoms with Gasteiger partial charge in [0.1, 0.15) is 16.9 Å². The van der Waals surface area contributed by atoms with Crippen LogP contribution in [0.5, 0.6) is 0 Å². The normalized spacial score (nSPS) is 15.7. The van der Waals surface area contributed by atoms with Crippen molar-refractivity contribution in [3.8, 4) is 0 Å². The van der Waals surface area contributed by atoms with Crippen molar-refractivity contribution in [1.29, 1.82) is 0 Å². The van der Waals surface area contributed by atoms with Crippen molar-refractivity contribution in [1.82, 2.24) is 25.2 Å². The maximum atomic E-state index is 15.3. The monoisotopic (exact) mass is 438 g/mol. The molecule has 0 spiro atoms. The van der Waals surface area contributed by atoms with Crippen LogP contribution in [0.25, 0.3) is 11.0 Å². The molecule has 3 aromatic rings. The number of nitrogens with zero attached hydrogens (tertiary/aromatic N) is 4. The molecule has 32 heavy (non-hydrogen) atoms. The molecule has 1 fully saturated rings. The summed E-state index contributed by atoms with van der Waals surface area (Å²) < 4.78 is 15.3. The number of aromatic nitrogens is 3. The lowest BCUT2D eigenvalue weighted by molar-refractivity contribution is 0.0958. The Bertz CT molecular complexity index is 1190. The first-order chi connectivity index (χ1) is 15.4. The van der Waals surface area contributed by atoms with Crippen LogP contribution in [0, 0.1) is 5.82 Å². The van der Waals surface area contributed by atoms with E-state index < -0.39 is 5.82 Å². The highest BCUT2D eigenvalue weighted by molar-refractivity contribution is 5.92. The molecule has 0 saturated carbocycles. The number of amides is 1. The summed E-state index contributed by atoms with van der Waals surface area (Å²) in [6, 6.07) is 7.00. The summed E-state index contributed by atoms with van der Waals surface area (Å²) in [4.78, 5) is 39.4. The van der Waals surface area contributed by atoms with Crippen LogP contribution in [-0.4, -0.2) is 59.0 Å². The fourth-order valence-corrected chi connectivity index (χ4v) is 4.14. The summed E-state index contributed by atoms with van der Waals surface area (Å²) >= 11 is 0. The minimum atomic E-state index is -0.418. The number of rotatable bonds is 5. The smallest absolute Gasteiger partial charge is 0.270 e. The van der Waals surface area contributed by atoms with Gasteiger partial charge in [0.15, 0.2) is 5.82 Å². The quantitative estimate of drug-likeness (QED) is 0.635. The molecule has 9 heteroatoms. The van der Waals surface area contributed by atoms with Gasteiger partial charge in [-0.1, -0.05) is 13.0 Å². The fourth-order valence-electron chi connectivity index (χ4n) is 4.14. The summed E-state index contributed by atoms with van der Waals surface area (Å²) in [5.41, 5.74) is 2.58. The van der Waals surface area contributed by atoms with Gasteiger partial charge in [0, 0.05) is 44.8 Å². The SMILES string of the molecule is CCc1nc2ccc(C(C)N3CCN(c4ccc(C(=O)NC)nc4)CC3)c(F)c2[nH]c1=O. The van der Waals surface area contributed by atoms with E-state index in [1.54, 1.807) is 31.4 Å². The van der Waals surface area contributed by atoms with Gasteiger partial charge in [-0.3, -0.25) is 14.5 Å². The molecule has 3 heterocycles. The molecule has 1 unspecified atom stereocenters. The van der Waals surface area contributed by atoms with Crippen molar-refractivity contribution < 1.29 is 9.18 Å². The number of hydrogen-bond acceptors (Lipinski definition) is 6. The maximum absolute atomic E-state index is 15.3. The van der Waals surface area contributed by atoms with E-state index in [-0.39, 0.29) is 23.0 Å². The standard InChI is InChI=1S/C23H27FN6O2/c1-4-17-23(32)28-21-18(27-17)8-6-16(20(21)24)14(2)29-9-11-30(12-10-29)15-5-7-19(26-13-15)22(31)25-3/h5-8,13-14H,4,9-12H2,1-3H3,(H,25,31)(H,28,32). The molecule has 0 bridgehead atoms. The topological polar surface area (TPSA) is 94.2 Å². The third-order valence-corrected chi connectivity index (χ3v) is 6.13. The Morgan fingerprint density at radius 2 is 1.97 bits per heavy atom. The van der Waals surface area contributed by atoms with E-state index in [1.165, 1.54) is 0 Å². The number of aryl methyl sites for hydroxylation is 1. The number of carbonyl (C=O) groups excluding carboxylic acids is 1. The number of halogens is 1. The molecule has 1 atom stereocenters. The predicted molar refractivity (Wildman–Crippen MR) is 122 cm³/mol. The number of piperazine rings is 1. The molecule has 1 saturated heterocycles. The van der Waals surface area contributed by atoms with Crippen LogP contribution in [0.1, 0.15) is 41.6 Å². The Balaban J connectivity index is 1.48. The van der Waals surface area contributed by atoms with E-state index in [2.05, 4.69) is 30.1 Å². The number of fused-ring (bicyclic) bond motifs is 1. The largest absolute Gasteiger partial charge is 0.368 e. The second-order valence-electron chi connectivity index (χ2n) is 7.91. The second kappa shape index (κ2) is 9.04. The molecule has 0 radical (unpaired) electrons. The van der Waals surface area contributed by atoms with Crippen LogP contribution in [0.3, 0.4) is 0 Å². The highest BCUT2D eigenvalue weighted by Gasteiger charge is 2.25. The van der Waals surface area contributed by atoms with Gasteiger partial charge in [0.2, 0.25) is 0 Å². The van der Waals surface area contributed by atoms with Crippen molar-refractivity contribution in [2.75, 3.05) is 38.1 Å². The zero-order valence-electron chi connectivity index (χ0n) is 18.5. The molecule has 0 aliphatic carbocycles. The lowest BCUT2D eigenvalue weighted by Crippen LogP contribution is -2.47. The molecule has 2 N–H and O–H groups in total. The molecule has 1 amide bonds. The minimum absolute atomic E-state index is 0.148. The highest BCUT2D eigenvalue weighted by atomic mass is 19.1. The van der Waals surface area contributed by atoms with E-state index in [0.29, 0.717) is 28.9 Å². The Kier molecular flexibility index (Phi) is 6.18. The van der Waals surface area contributed by atoms with Crippen LogP contribution >= 0.6 is 0 Å². The number of aromatic amines is 1. The second-order valence-corrected chi connectivity index (χ2v) is 7.91. The molecule has 4 rings (SSSR count). The first-order valence-corrected chi connectivity index (χ1v) is 10.8. The zero-order valence-corrected chi connectivity index (χ0v) is 18.5. The van der Waals surface area contributed by atoms with Crippen molar-refractivity contribution in [2.45, 2.75) is 26.3 Å². The van der Waals surface area contributed by atoms with Crippen LogP contribution in [0.2, 0.25) is 0 Å². The van der Waals surface area contributed by atoms with Gasteiger partial charge in [-0.05, 0) is 31.5 Å². The van der Waals surface area contributed by atoms with E-state index in [0.717, 1.165) is 31.9 Å². The predicted octanol–water partition coefficient (Wildman–Crippen LogP) is 2.26. The zero-order chi connectivity index (χ0) is 22.8. The number of carbonyl (C=O) groups is 1. The number of H-pyrrole nitrogens is 1. The Morgan fingerprint density at radius 3 is 2.59 bits per heavy atom. The number of anilines is 1. The van der Waals surface area contributed by atoms with Crippen molar-refractivity contribution in [3.63, 3.8) is 0 Å². The molecule has 1 aliphatic rings. The van der Waals surface area contributed by atoms with Gasteiger partial charge < -0.3 is 15.2 Å². The lowest BCUT2D eigenvalue weighted by Gasteiger charge is -2.39. The van der Waals surface area contributed by atoms with Gasteiger partial charge >= 0.3 is 0 Å². The maximum Gasteiger partial charge on any atom is 0.270 e. The molecule has 2 aromatic heterocycles. The van der Waals surface area contributed by atoms with Gasteiger partial charge in [-0.25, -0.2) is 14.4 Å². The fraction of sp³-hybridized carbons (Fsp3) is 0.391. The average Bonchev–Trinajstić information content (AvgIpc) is 2.83. The lowest BCUT2D eigenvalue weighted by atomic mass is 10.0. The van der Waals surface area contributed by atoms with Crippen LogP contribution < -0.4 is 15.8 Å². The molecular formula is C23H27FN6O2. The number of benzene rings is 1. The number of hydrogen-bond donors (Lipinski definition) is 2. The Labute approximate surface area is 185 Å². The summed E-state index contributed by atoms with van der Waals surface area (Å²) in [5.74, 6) is -0.631. The van der Waals surface area contributed by atoms with Crippen LogP contribution in [0.15, 0.2) is 35.3 Å². The average molecular weight is 439 g/mol. The van der Waals surface area contributed by atoms with E-state index in [9.17, 15) is 9.59 Å². The van der Waals surface area contributed by atoms with Crippen LogP contribution in [-0.2, 0) is 6.42 Å². The first kappa shape index (κ1) is 21.9. The highest BCUT2D eigenvalue weighted by Crippen LogP contribution is 2.28. The van der Waals surface area contributed by atoms with Gasteiger partial charge in [0.25, 0.3) is 11.5 Å². The van der Waals surface area contributed by atoms with Gasteiger partial charge in [-0.15, -0.1) is 0 Å². The number of nitrogens with one attached hydrogen (secondary N) is 2. The summed E-state index contributed by atoms with van der Waals surface area (Å²) in [5, 5.41) is 2.56. The van der Waals surface area contributed by atoms with Gasteiger partial charge in [0.05, 0.1) is 17.4 Å². The third kappa shape index (κ3) is 4.08. The van der Waals surface area contributed by atoms with Crippen molar-refractivity contribution in [2.24, 2.45) is 0 Å². The summed E-state index contributed by atoms with van der Waals surface area (Å²) in [7, 11) is 1.58. The van der Waals surface area contributed by atoms with E-state index >= 15 is 4.39 Å². The van der Waals surface area contributed by atoms with E-state index in [1.807, 2.05) is 19.9 Å². The van der Waals surface area contributed by atoms with Crippen LogP contribution in [0.4, 0.5) is 10.1 Å². The van der Waals surface area contributed by atoms with Crippen molar-refractivity contribution >= 4 is 22.6 Å². The molecular weight excluding hydrogens is 411 g/mol.